The molecule has 1 atom stereocenters. The lowest BCUT2D eigenvalue weighted by atomic mass is 9.87. The van der Waals surface area contributed by atoms with Crippen LogP contribution in [0, 0.1) is 12.7 Å². The molecule has 0 spiro atoms. The lowest BCUT2D eigenvalue weighted by Gasteiger charge is -2.14. The predicted octanol–water partition coefficient (Wildman–Crippen LogP) is 1.98. The van der Waals surface area contributed by atoms with Gasteiger partial charge in [0.2, 0.25) is 0 Å². The van der Waals surface area contributed by atoms with Gasteiger partial charge in [0.25, 0.3) is 0 Å². The Morgan fingerprint density at radius 1 is 1.53 bits per heavy atom. The van der Waals surface area contributed by atoms with Gasteiger partial charge in [-0.15, -0.1) is 0 Å². The molecule has 2 nitrogen and oxygen atoms in total. The van der Waals surface area contributed by atoms with Crippen LogP contribution in [0.3, 0.4) is 0 Å². The second kappa shape index (κ2) is 5.85. The third-order valence-corrected chi connectivity index (χ3v) is 2.61. The van der Waals surface area contributed by atoms with E-state index in [-0.39, 0.29) is 24.1 Å². The number of ether oxygens (including phenoxy) is 1. The van der Waals surface area contributed by atoms with Crippen LogP contribution in [-0.4, -0.2) is 20.4 Å². The Bertz CT molecular complexity index is 418. The summed E-state index contributed by atoms with van der Waals surface area (Å²) in [4.78, 5) is 11.3. The standard InChI is InChI=1S/C13H16BFO2/c1-4-17-12(16)6-8(2)11-7-10(14)5-9(3)13(11)15/h5,7-8H,4,6H2,1-3H3/t8-/m0/s1. The third-order valence-electron chi connectivity index (χ3n) is 2.61. The molecule has 1 aromatic rings. The zero-order valence-electron chi connectivity index (χ0n) is 10.4. The maximum absolute atomic E-state index is 13.9. The number of rotatable bonds is 4. The fourth-order valence-electron chi connectivity index (χ4n) is 1.76. The number of halogens is 1. The van der Waals surface area contributed by atoms with E-state index in [2.05, 4.69) is 0 Å². The minimum atomic E-state index is -0.320. The Balaban J connectivity index is 2.88. The van der Waals surface area contributed by atoms with Crippen LogP contribution < -0.4 is 5.46 Å². The molecule has 0 unspecified atom stereocenters. The first-order chi connectivity index (χ1) is 7.95. The van der Waals surface area contributed by atoms with Crippen molar-refractivity contribution in [2.24, 2.45) is 0 Å². The summed E-state index contributed by atoms with van der Waals surface area (Å²) >= 11 is 0. The number of benzene rings is 1. The second-order valence-corrected chi connectivity index (χ2v) is 4.15. The van der Waals surface area contributed by atoms with Crippen molar-refractivity contribution >= 4 is 19.3 Å². The van der Waals surface area contributed by atoms with Gasteiger partial charge in [0.05, 0.1) is 13.0 Å². The van der Waals surface area contributed by atoms with Crippen LogP contribution in [0.15, 0.2) is 12.1 Å². The Hall–Kier alpha value is -1.32. The molecule has 4 heteroatoms. The summed E-state index contributed by atoms with van der Waals surface area (Å²) in [6.07, 6.45) is 0.160. The molecule has 0 amide bonds. The Kier molecular flexibility index (Phi) is 4.73. The van der Waals surface area contributed by atoms with E-state index in [0.717, 1.165) is 0 Å². The summed E-state index contributed by atoms with van der Waals surface area (Å²) in [5.74, 6) is -0.855. The van der Waals surface area contributed by atoms with Crippen molar-refractivity contribution in [2.75, 3.05) is 6.61 Å². The predicted molar refractivity (Wildman–Crippen MR) is 66.2 cm³/mol. The van der Waals surface area contributed by atoms with Crippen LogP contribution in [0.2, 0.25) is 0 Å². The highest BCUT2D eigenvalue weighted by molar-refractivity contribution is 6.32. The Morgan fingerprint density at radius 2 is 2.18 bits per heavy atom. The van der Waals surface area contributed by atoms with Gasteiger partial charge in [-0.2, -0.15) is 0 Å². The van der Waals surface area contributed by atoms with Crippen molar-refractivity contribution in [1.29, 1.82) is 0 Å². The molecular formula is C13H16BFO2. The van der Waals surface area contributed by atoms with Gasteiger partial charge >= 0.3 is 5.97 Å². The number of aryl methyl sites for hydroxylation is 1. The topological polar surface area (TPSA) is 26.3 Å². The zero-order valence-corrected chi connectivity index (χ0v) is 10.4. The summed E-state index contributed by atoms with van der Waals surface area (Å²) in [5, 5.41) is 0. The zero-order chi connectivity index (χ0) is 13.0. The van der Waals surface area contributed by atoms with Gasteiger partial charge in [-0.05, 0) is 30.9 Å². The van der Waals surface area contributed by atoms with Gasteiger partial charge in [0.1, 0.15) is 13.7 Å². The van der Waals surface area contributed by atoms with E-state index in [1.165, 1.54) is 0 Å². The summed E-state index contributed by atoms with van der Waals surface area (Å²) < 4.78 is 18.7. The van der Waals surface area contributed by atoms with Gasteiger partial charge in [-0.3, -0.25) is 4.79 Å². The molecule has 90 valence electrons. The summed E-state index contributed by atoms with van der Waals surface area (Å²) in [7, 11) is 5.67. The van der Waals surface area contributed by atoms with Crippen molar-refractivity contribution in [1.82, 2.24) is 0 Å². The third kappa shape index (κ3) is 3.58. The lowest BCUT2D eigenvalue weighted by molar-refractivity contribution is -0.143. The van der Waals surface area contributed by atoms with Crippen LogP contribution in [0.1, 0.15) is 37.3 Å². The van der Waals surface area contributed by atoms with E-state index in [1.807, 2.05) is 0 Å². The van der Waals surface area contributed by atoms with Gasteiger partial charge in [0.15, 0.2) is 0 Å². The fraction of sp³-hybridized carbons (Fsp3) is 0.462. The Labute approximate surface area is 103 Å². The number of hydrogen-bond acceptors (Lipinski definition) is 2. The highest BCUT2D eigenvalue weighted by atomic mass is 19.1. The average molecular weight is 234 g/mol. The fourth-order valence-corrected chi connectivity index (χ4v) is 1.76. The first kappa shape index (κ1) is 13.7. The number of carbonyl (C=O) groups excluding carboxylic acids is 1. The highest BCUT2D eigenvalue weighted by Crippen LogP contribution is 2.23. The van der Waals surface area contributed by atoms with E-state index in [4.69, 9.17) is 12.6 Å². The van der Waals surface area contributed by atoms with E-state index < -0.39 is 0 Å². The number of carbonyl (C=O) groups is 1. The number of esters is 1. The van der Waals surface area contributed by atoms with Crippen LogP contribution >= 0.6 is 0 Å². The average Bonchev–Trinajstić information content (AvgIpc) is 2.23. The molecule has 0 heterocycles. The van der Waals surface area contributed by atoms with Crippen molar-refractivity contribution in [3.8, 4) is 0 Å². The van der Waals surface area contributed by atoms with Crippen LogP contribution in [-0.2, 0) is 9.53 Å². The number of hydrogen-bond donors (Lipinski definition) is 0. The molecule has 0 saturated carbocycles. The minimum Gasteiger partial charge on any atom is -0.466 e. The molecule has 0 N–H and O–H groups in total. The summed E-state index contributed by atoms with van der Waals surface area (Å²) in [6, 6.07) is 3.15. The normalized spacial score (nSPS) is 12.2. The van der Waals surface area contributed by atoms with Crippen LogP contribution in [0.4, 0.5) is 4.39 Å². The molecule has 17 heavy (non-hydrogen) atoms. The molecule has 1 aromatic carbocycles. The molecule has 0 fully saturated rings. The van der Waals surface area contributed by atoms with E-state index in [9.17, 15) is 9.18 Å². The van der Waals surface area contributed by atoms with Crippen molar-refractivity contribution in [3.05, 3.63) is 29.1 Å². The van der Waals surface area contributed by atoms with Crippen LogP contribution in [0.5, 0.6) is 0 Å². The molecule has 0 saturated heterocycles. The van der Waals surface area contributed by atoms with Crippen molar-refractivity contribution in [2.45, 2.75) is 33.1 Å². The minimum absolute atomic E-state index is 0.160. The van der Waals surface area contributed by atoms with E-state index in [0.29, 0.717) is 23.2 Å². The highest BCUT2D eigenvalue weighted by Gasteiger charge is 2.17. The van der Waals surface area contributed by atoms with E-state index >= 15 is 0 Å². The van der Waals surface area contributed by atoms with Gasteiger partial charge in [-0.1, -0.05) is 24.5 Å². The van der Waals surface area contributed by atoms with Crippen molar-refractivity contribution in [3.63, 3.8) is 0 Å². The molecule has 0 aliphatic heterocycles. The quantitative estimate of drug-likeness (QED) is 0.588. The molecule has 1 rings (SSSR count). The molecule has 0 bridgehead atoms. The smallest absolute Gasteiger partial charge is 0.306 e. The van der Waals surface area contributed by atoms with Gasteiger partial charge in [-0.25, -0.2) is 4.39 Å². The van der Waals surface area contributed by atoms with Gasteiger partial charge in [0, 0.05) is 0 Å². The maximum Gasteiger partial charge on any atom is 0.306 e. The molecular weight excluding hydrogens is 218 g/mol. The molecule has 0 aliphatic rings. The first-order valence-corrected chi connectivity index (χ1v) is 5.66. The summed E-state index contributed by atoms with van der Waals surface area (Å²) in [6.45, 7) is 5.53. The first-order valence-electron chi connectivity index (χ1n) is 5.66. The monoisotopic (exact) mass is 234 g/mol. The lowest BCUT2D eigenvalue weighted by Crippen LogP contribution is -2.13. The molecule has 0 aromatic heterocycles. The molecule has 2 radical (unpaired) electrons. The Morgan fingerprint density at radius 3 is 2.76 bits per heavy atom. The van der Waals surface area contributed by atoms with Crippen LogP contribution in [0.25, 0.3) is 0 Å². The molecule has 0 aliphatic carbocycles. The van der Waals surface area contributed by atoms with Crippen molar-refractivity contribution < 1.29 is 13.9 Å². The van der Waals surface area contributed by atoms with E-state index in [1.54, 1.807) is 32.9 Å². The summed E-state index contributed by atoms with van der Waals surface area (Å²) in [5.41, 5.74) is 1.47. The van der Waals surface area contributed by atoms with Gasteiger partial charge < -0.3 is 4.74 Å². The largest absolute Gasteiger partial charge is 0.466 e. The second-order valence-electron chi connectivity index (χ2n) is 4.15. The SMILES string of the molecule is [B]c1cc(C)c(F)c([C@@H](C)CC(=O)OCC)c1. The maximum atomic E-state index is 13.9.